The first-order chi connectivity index (χ1) is 12.6. The van der Waals surface area contributed by atoms with Gasteiger partial charge in [0.15, 0.2) is 11.5 Å². The zero-order valence-electron chi connectivity index (χ0n) is 14.9. The van der Waals surface area contributed by atoms with Gasteiger partial charge in [-0.1, -0.05) is 6.92 Å². The highest BCUT2D eigenvalue weighted by Gasteiger charge is 2.31. The molecule has 0 bridgehead atoms. The van der Waals surface area contributed by atoms with Crippen LogP contribution in [0.2, 0.25) is 0 Å². The number of hydrogen-bond acceptors (Lipinski definition) is 5. The van der Waals surface area contributed by atoms with Crippen molar-refractivity contribution in [1.29, 1.82) is 0 Å². The molecule has 136 valence electrons. The van der Waals surface area contributed by atoms with Crippen molar-refractivity contribution in [3.63, 3.8) is 0 Å². The Morgan fingerprint density at radius 2 is 2.04 bits per heavy atom. The molecule has 2 aliphatic heterocycles. The number of thiol groups is 1. The molecule has 1 amide bonds. The van der Waals surface area contributed by atoms with Crippen molar-refractivity contribution in [2.24, 2.45) is 4.99 Å². The fourth-order valence-electron chi connectivity index (χ4n) is 3.58. The molecule has 2 aliphatic rings. The maximum Gasteiger partial charge on any atom is 0.256 e. The van der Waals surface area contributed by atoms with Gasteiger partial charge in [-0.05, 0) is 47.9 Å². The van der Waals surface area contributed by atoms with E-state index in [1.807, 2.05) is 42.3 Å². The van der Waals surface area contributed by atoms with Gasteiger partial charge in [-0.3, -0.25) is 9.79 Å². The third kappa shape index (κ3) is 3.03. The summed E-state index contributed by atoms with van der Waals surface area (Å²) < 4.78 is 11.3. The Hall–Kier alpha value is -2.21. The molecule has 4 rings (SSSR count). The SMILES string of the molecule is COc1cc2cc3c(cc2cc1OCC(C)S)N=CC1CCCN1C3=O. The molecule has 2 aromatic rings. The molecule has 0 aliphatic carbocycles. The highest BCUT2D eigenvalue weighted by Crippen LogP contribution is 2.37. The van der Waals surface area contributed by atoms with Gasteiger partial charge in [-0.25, -0.2) is 0 Å². The van der Waals surface area contributed by atoms with E-state index in [2.05, 4.69) is 17.6 Å². The number of aliphatic imine (C=N–C) groups is 1. The van der Waals surface area contributed by atoms with Gasteiger partial charge in [0.1, 0.15) is 0 Å². The molecule has 6 heteroatoms. The number of rotatable bonds is 4. The van der Waals surface area contributed by atoms with Gasteiger partial charge in [-0.2, -0.15) is 12.6 Å². The number of methoxy groups -OCH3 is 1. The standard InChI is InChI=1S/C20H22N2O3S/c1-12(26)11-25-19-9-14-7-17-16(6-13(14)8-18(19)24-2)20(23)22-5-3-4-15(22)10-21-17/h6-10,12,15,26H,3-5,11H2,1-2H3. The first-order valence-electron chi connectivity index (χ1n) is 8.88. The van der Waals surface area contributed by atoms with Gasteiger partial charge < -0.3 is 14.4 Å². The monoisotopic (exact) mass is 370 g/mol. The van der Waals surface area contributed by atoms with E-state index >= 15 is 0 Å². The third-order valence-corrected chi connectivity index (χ3v) is 5.04. The number of fused-ring (bicyclic) bond motifs is 3. The molecule has 2 unspecified atom stereocenters. The largest absolute Gasteiger partial charge is 0.493 e. The Bertz CT molecular complexity index is 894. The Morgan fingerprint density at radius 3 is 2.81 bits per heavy atom. The highest BCUT2D eigenvalue weighted by molar-refractivity contribution is 7.80. The van der Waals surface area contributed by atoms with Crippen LogP contribution in [0.15, 0.2) is 29.3 Å². The smallest absolute Gasteiger partial charge is 0.256 e. The summed E-state index contributed by atoms with van der Waals surface area (Å²) in [5.74, 6) is 1.38. The molecular weight excluding hydrogens is 348 g/mol. The highest BCUT2D eigenvalue weighted by atomic mass is 32.1. The summed E-state index contributed by atoms with van der Waals surface area (Å²) in [4.78, 5) is 19.5. The zero-order valence-corrected chi connectivity index (χ0v) is 15.8. The Kier molecular flexibility index (Phi) is 4.53. The number of nitrogens with zero attached hydrogens (tertiary/aromatic N) is 2. The first kappa shape index (κ1) is 17.2. The lowest BCUT2D eigenvalue weighted by atomic mass is 10.0. The second-order valence-corrected chi connectivity index (χ2v) is 7.75. The molecule has 2 aromatic carbocycles. The number of amides is 1. The van der Waals surface area contributed by atoms with Gasteiger partial charge in [0, 0.05) is 18.0 Å². The molecule has 5 nitrogen and oxygen atoms in total. The fraction of sp³-hybridized carbons (Fsp3) is 0.400. The van der Waals surface area contributed by atoms with Gasteiger partial charge in [0.25, 0.3) is 5.91 Å². The van der Waals surface area contributed by atoms with Gasteiger partial charge >= 0.3 is 0 Å². The second-order valence-electron chi connectivity index (χ2n) is 6.87. The molecule has 26 heavy (non-hydrogen) atoms. The summed E-state index contributed by atoms with van der Waals surface area (Å²) in [7, 11) is 1.62. The minimum absolute atomic E-state index is 0.0603. The maximum absolute atomic E-state index is 12.9. The zero-order chi connectivity index (χ0) is 18.3. The van der Waals surface area contributed by atoms with E-state index in [1.54, 1.807) is 7.11 Å². The maximum atomic E-state index is 12.9. The van der Waals surface area contributed by atoms with E-state index < -0.39 is 0 Å². The molecule has 0 spiro atoms. The van der Waals surface area contributed by atoms with Crippen LogP contribution in [0.3, 0.4) is 0 Å². The topological polar surface area (TPSA) is 51.1 Å². The Balaban J connectivity index is 1.80. The summed E-state index contributed by atoms with van der Waals surface area (Å²) in [5.41, 5.74) is 1.37. The molecule has 2 heterocycles. The number of benzene rings is 2. The first-order valence-corrected chi connectivity index (χ1v) is 9.40. The minimum atomic E-state index is 0.0603. The molecule has 1 fully saturated rings. The van der Waals surface area contributed by atoms with Crippen LogP contribution in [0.1, 0.15) is 30.1 Å². The summed E-state index contributed by atoms with van der Waals surface area (Å²) in [6.07, 6.45) is 3.92. The summed E-state index contributed by atoms with van der Waals surface area (Å²) >= 11 is 4.36. The number of carbonyl (C=O) groups excluding carboxylic acids is 1. The summed E-state index contributed by atoms with van der Waals surface area (Å²) in [6.45, 7) is 3.26. The van der Waals surface area contributed by atoms with E-state index in [0.717, 1.165) is 35.8 Å². The molecule has 0 radical (unpaired) electrons. The van der Waals surface area contributed by atoms with Crippen molar-refractivity contribution >= 4 is 41.2 Å². The van der Waals surface area contributed by atoms with Crippen LogP contribution >= 0.6 is 12.6 Å². The van der Waals surface area contributed by atoms with Crippen molar-refractivity contribution in [2.45, 2.75) is 31.1 Å². The van der Waals surface area contributed by atoms with Gasteiger partial charge in [-0.15, -0.1) is 0 Å². The summed E-state index contributed by atoms with van der Waals surface area (Å²) in [5, 5.41) is 2.03. The Morgan fingerprint density at radius 1 is 1.27 bits per heavy atom. The van der Waals surface area contributed by atoms with Crippen LogP contribution in [0.5, 0.6) is 11.5 Å². The van der Waals surface area contributed by atoms with Crippen molar-refractivity contribution < 1.29 is 14.3 Å². The molecular formula is C20H22N2O3S. The van der Waals surface area contributed by atoms with E-state index in [4.69, 9.17) is 9.47 Å². The van der Waals surface area contributed by atoms with Crippen LogP contribution in [0.25, 0.3) is 10.8 Å². The lowest BCUT2D eigenvalue weighted by Crippen LogP contribution is -2.35. The molecule has 1 saturated heterocycles. The van der Waals surface area contributed by atoms with E-state index in [-0.39, 0.29) is 17.2 Å². The fourth-order valence-corrected chi connectivity index (χ4v) is 3.65. The molecule has 0 aromatic heterocycles. The van der Waals surface area contributed by atoms with E-state index in [0.29, 0.717) is 23.7 Å². The van der Waals surface area contributed by atoms with Gasteiger partial charge in [0.05, 0.1) is 31.0 Å². The molecule has 0 saturated carbocycles. The lowest BCUT2D eigenvalue weighted by molar-refractivity contribution is 0.0775. The number of ether oxygens (including phenoxy) is 2. The predicted octanol–water partition coefficient (Wildman–Crippen LogP) is 3.87. The van der Waals surface area contributed by atoms with Crippen LogP contribution in [-0.2, 0) is 0 Å². The predicted molar refractivity (Wildman–Crippen MR) is 107 cm³/mol. The van der Waals surface area contributed by atoms with Crippen LogP contribution < -0.4 is 9.47 Å². The lowest BCUT2D eigenvalue weighted by Gasteiger charge is -2.20. The van der Waals surface area contributed by atoms with Gasteiger partial charge in [0.2, 0.25) is 0 Å². The van der Waals surface area contributed by atoms with Crippen LogP contribution in [0.4, 0.5) is 5.69 Å². The minimum Gasteiger partial charge on any atom is -0.493 e. The van der Waals surface area contributed by atoms with E-state index in [9.17, 15) is 4.79 Å². The normalized spacial score (nSPS) is 19.9. The average molecular weight is 370 g/mol. The summed E-state index contributed by atoms with van der Waals surface area (Å²) in [6, 6.07) is 7.84. The van der Waals surface area contributed by atoms with Crippen molar-refractivity contribution in [3.8, 4) is 11.5 Å². The van der Waals surface area contributed by atoms with Crippen LogP contribution in [-0.4, -0.2) is 48.6 Å². The molecule has 0 N–H and O–H groups in total. The van der Waals surface area contributed by atoms with Crippen LogP contribution in [0, 0.1) is 0 Å². The second kappa shape index (κ2) is 6.83. The quantitative estimate of drug-likeness (QED) is 0.832. The average Bonchev–Trinajstić information content (AvgIpc) is 3.06. The van der Waals surface area contributed by atoms with Crippen molar-refractivity contribution in [3.05, 3.63) is 29.8 Å². The third-order valence-electron chi connectivity index (χ3n) is 4.89. The number of hydrogen-bond donors (Lipinski definition) is 1. The van der Waals surface area contributed by atoms with Crippen molar-refractivity contribution in [1.82, 2.24) is 4.90 Å². The van der Waals surface area contributed by atoms with Crippen molar-refractivity contribution in [2.75, 3.05) is 20.3 Å². The number of carbonyl (C=O) groups is 1. The van der Waals surface area contributed by atoms with E-state index in [1.165, 1.54) is 0 Å². The molecule has 2 atom stereocenters. The Labute approximate surface area is 158 Å².